The lowest BCUT2D eigenvalue weighted by Gasteiger charge is -2.32. The van der Waals surface area contributed by atoms with Crippen LogP contribution < -0.4 is 19.1 Å². The van der Waals surface area contributed by atoms with Crippen molar-refractivity contribution in [3.63, 3.8) is 0 Å². The van der Waals surface area contributed by atoms with Crippen LogP contribution in [0.25, 0.3) is 0 Å². The number of para-hydroxylation sites is 1. The van der Waals surface area contributed by atoms with E-state index < -0.39 is 28.5 Å². The normalized spacial score (nSPS) is 11.8. The van der Waals surface area contributed by atoms with Gasteiger partial charge in [0.1, 0.15) is 29.8 Å². The van der Waals surface area contributed by atoms with Crippen LogP contribution in [-0.4, -0.2) is 58.1 Å². The third-order valence-electron chi connectivity index (χ3n) is 5.90. The van der Waals surface area contributed by atoms with Gasteiger partial charge in [0.25, 0.3) is 0 Å². The molecule has 0 unspecified atom stereocenters. The predicted octanol–water partition coefficient (Wildman–Crippen LogP) is 3.81. The van der Waals surface area contributed by atoms with Crippen LogP contribution in [0, 0.1) is 0 Å². The van der Waals surface area contributed by atoms with Gasteiger partial charge in [-0.25, -0.2) is 8.42 Å². The maximum absolute atomic E-state index is 13.6. The first-order valence-electron chi connectivity index (χ1n) is 12.1. The summed E-state index contributed by atoms with van der Waals surface area (Å²) in [4.78, 5) is 27.7. The molecular weight excluding hydrogens is 506 g/mol. The summed E-state index contributed by atoms with van der Waals surface area (Å²) in [5, 5.41) is 2.60. The predicted molar refractivity (Wildman–Crippen MR) is 147 cm³/mol. The van der Waals surface area contributed by atoms with Crippen LogP contribution in [0.3, 0.4) is 0 Å². The number of anilines is 1. The summed E-state index contributed by atoms with van der Waals surface area (Å²) >= 11 is 0. The molecule has 0 aliphatic heterocycles. The number of methoxy groups -OCH3 is 1. The van der Waals surface area contributed by atoms with E-state index in [-0.39, 0.29) is 12.5 Å². The van der Waals surface area contributed by atoms with Crippen molar-refractivity contribution in [2.24, 2.45) is 0 Å². The third-order valence-corrected chi connectivity index (χ3v) is 7.04. The van der Waals surface area contributed by atoms with Gasteiger partial charge in [-0.3, -0.25) is 13.9 Å². The molecule has 3 aromatic rings. The lowest BCUT2D eigenvalue weighted by atomic mass is 10.1. The summed E-state index contributed by atoms with van der Waals surface area (Å²) in [7, 11) is -0.791. The number of amides is 2. The summed E-state index contributed by atoms with van der Waals surface area (Å²) in [5.74, 6) is 0.919. The molecule has 1 atom stereocenters. The van der Waals surface area contributed by atoms with Crippen molar-refractivity contribution < 1.29 is 27.5 Å². The molecule has 0 heterocycles. The van der Waals surface area contributed by atoms with Crippen LogP contribution in [0.4, 0.5) is 5.69 Å². The number of carbonyl (C=O) groups excluding carboxylic acids is 2. The number of sulfonamides is 1. The van der Waals surface area contributed by atoms with Gasteiger partial charge in [-0.1, -0.05) is 37.3 Å². The summed E-state index contributed by atoms with van der Waals surface area (Å²) < 4.78 is 37.6. The fourth-order valence-corrected chi connectivity index (χ4v) is 4.82. The number of hydrogen-bond acceptors (Lipinski definition) is 6. The Kier molecular flexibility index (Phi) is 9.72. The van der Waals surface area contributed by atoms with E-state index in [4.69, 9.17) is 9.47 Å². The zero-order valence-corrected chi connectivity index (χ0v) is 22.8. The first-order valence-corrected chi connectivity index (χ1v) is 14.0. The Balaban J connectivity index is 1.89. The van der Waals surface area contributed by atoms with Crippen molar-refractivity contribution in [3.8, 4) is 17.2 Å². The molecule has 0 saturated carbocycles. The zero-order chi connectivity index (χ0) is 27.7. The van der Waals surface area contributed by atoms with Gasteiger partial charge in [-0.15, -0.1) is 0 Å². The molecule has 0 radical (unpaired) electrons. The first-order chi connectivity index (χ1) is 18.2. The fraction of sp³-hybridized carbons (Fsp3) is 0.286. The summed E-state index contributed by atoms with van der Waals surface area (Å²) in [6.45, 7) is 1.42. The van der Waals surface area contributed by atoms with Gasteiger partial charge in [0.05, 0.1) is 19.1 Å². The number of carbonyl (C=O) groups is 2. The maximum atomic E-state index is 13.6. The van der Waals surface area contributed by atoms with Crippen molar-refractivity contribution in [1.29, 1.82) is 0 Å². The molecule has 3 rings (SSSR count). The number of ether oxygens (including phenoxy) is 2. The van der Waals surface area contributed by atoms with E-state index in [0.717, 1.165) is 16.1 Å². The van der Waals surface area contributed by atoms with E-state index >= 15 is 0 Å². The van der Waals surface area contributed by atoms with Gasteiger partial charge in [0.15, 0.2) is 0 Å². The Morgan fingerprint density at radius 1 is 0.921 bits per heavy atom. The van der Waals surface area contributed by atoms with E-state index in [9.17, 15) is 18.0 Å². The molecule has 202 valence electrons. The van der Waals surface area contributed by atoms with E-state index in [1.807, 2.05) is 36.4 Å². The van der Waals surface area contributed by atoms with Crippen LogP contribution >= 0.6 is 0 Å². The van der Waals surface area contributed by atoms with Crippen LogP contribution in [0.15, 0.2) is 78.9 Å². The van der Waals surface area contributed by atoms with Gasteiger partial charge < -0.3 is 19.7 Å². The van der Waals surface area contributed by atoms with E-state index in [0.29, 0.717) is 29.4 Å². The standard InChI is InChI=1S/C28H33N3O6S/c1-5-26(28(33)29-2)30(19-21-10-9-13-25(18-21)36-3)27(32)20-31(38(4,34)35)22-14-16-24(17-15-22)37-23-11-7-6-8-12-23/h6-18,26H,5,19-20H2,1-4H3,(H,29,33)/t26-/m1/s1. The Morgan fingerprint density at radius 2 is 1.55 bits per heavy atom. The zero-order valence-electron chi connectivity index (χ0n) is 22.0. The molecule has 9 nitrogen and oxygen atoms in total. The van der Waals surface area contributed by atoms with Crippen molar-refractivity contribution in [1.82, 2.24) is 10.2 Å². The van der Waals surface area contributed by atoms with Gasteiger partial charge in [-0.05, 0) is 60.5 Å². The van der Waals surface area contributed by atoms with Gasteiger partial charge in [0.2, 0.25) is 21.8 Å². The van der Waals surface area contributed by atoms with Crippen LogP contribution in [-0.2, 0) is 26.2 Å². The second kappa shape index (κ2) is 13.0. The average molecular weight is 540 g/mol. The molecule has 0 aromatic heterocycles. The van der Waals surface area contributed by atoms with Crippen LogP contribution in [0.5, 0.6) is 17.2 Å². The average Bonchev–Trinajstić information content (AvgIpc) is 2.92. The molecule has 3 aromatic carbocycles. The maximum Gasteiger partial charge on any atom is 0.244 e. The molecule has 0 saturated heterocycles. The molecule has 0 bridgehead atoms. The van der Waals surface area contributed by atoms with Crippen molar-refractivity contribution >= 4 is 27.5 Å². The Morgan fingerprint density at radius 3 is 2.13 bits per heavy atom. The van der Waals surface area contributed by atoms with E-state index in [1.165, 1.54) is 11.9 Å². The van der Waals surface area contributed by atoms with Crippen molar-refractivity contribution in [2.45, 2.75) is 25.9 Å². The van der Waals surface area contributed by atoms with Gasteiger partial charge >= 0.3 is 0 Å². The first kappa shape index (κ1) is 28.5. The van der Waals surface area contributed by atoms with E-state index in [1.54, 1.807) is 56.5 Å². The summed E-state index contributed by atoms with van der Waals surface area (Å²) in [5.41, 5.74) is 1.05. The minimum Gasteiger partial charge on any atom is -0.497 e. The highest BCUT2D eigenvalue weighted by atomic mass is 32.2. The number of likely N-dealkylation sites (N-methyl/N-ethyl adjacent to an activating group) is 1. The molecule has 10 heteroatoms. The number of nitrogens with one attached hydrogen (secondary N) is 1. The summed E-state index contributed by atoms with van der Waals surface area (Å²) in [6, 6.07) is 22.0. The second-order valence-electron chi connectivity index (χ2n) is 8.59. The number of benzene rings is 3. The highest BCUT2D eigenvalue weighted by molar-refractivity contribution is 7.92. The molecule has 0 spiro atoms. The van der Waals surface area contributed by atoms with Gasteiger partial charge in [-0.2, -0.15) is 0 Å². The number of rotatable bonds is 12. The molecule has 0 aliphatic carbocycles. The van der Waals surface area contributed by atoms with Gasteiger partial charge in [0, 0.05) is 13.6 Å². The quantitative estimate of drug-likeness (QED) is 0.375. The highest BCUT2D eigenvalue weighted by Gasteiger charge is 2.31. The molecular formula is C28H33N3O6S. The minimum absolute atomic E-state index is 0.101. The topological polar surface area (TPSA) is 105 Å². The molecule has 2 amide bonds. The smallest absolute Gasteiger partial charge is 0.244 e. The highest BCUT2D eigenvalue weighted by Crippen LogP contribution is 2.26. The molecule has 0 aliphatic rings. The van der Waals surface area contributed by atoms with Crippen LogP contribution in [0.2, 0.25) is 0 Å². The lowest BCUT2D eigenvalue weighted by molar-refractivity contribution is -0.140. The molecule has 1 N–H and O–H groups in total. The largest absolute Gasteiger partial charge is 0.497 e. The van der Waals surface area contributed by atoms with E-state index in [2.05, 4.69) is 5.32 Å². The number of hydrogen-bond donors (Lipinski definition) is 1. The van der Waals surface area contributed by atoms with Crippen LogP contribution in [0.1, 0.15) is 18.9 Å². The van der Waals surface area contributed by atoms with Crippen molar-refractivity contribution in [2.75, 3.05) is 31.3 Å². The Labute approximate surface area is 224 Å². The monoisotopic (exact) mass is 539 g/mol. The Hall–Kier alpha value is -4.05. The SMILES string of the molecule is CC[C@H](C(=O)NC)N(Cc1cccc(OC)c1)C(=O)CN(c1ccc(Oc2ccccc2)cc1)S(C)(=O)=O. The van der Waals surface area contributed by atoms with Crippen molar-refractivity contribution in [3.05, 3.63) is 84.4 Å². The third kappa shape index (κ3) is 7.48. The number of nitrogens with zero attached hydrogens (tertiary/aromatic N) is 2. The second-order valence-corrected chi connectivity index (χ2v) is 10.5. The molecule has 0 fully saturated rings. The summed E-state index contributed by atoms with van der Waals surface area (Å²) in [6.07, 6.45) is 1.39. The minimum atomic E-state index is -3.84. The Bertz CT molecular complexity index is 1330. The molecule has 38 heavy (non-hydrogen) atoms. The lowest BCUT2D eigenvalue weighted by Crippen LogP contribution is -2.51. The fourth-order valence-electron chi connectivity index (χ4n) is 3.97.